The van der Waals surface area contributed by atoms with Crippen LogP contribution in [-0.2, 0) is 12.8 Å². The quantitative estimate of drug-likeness (QED) is 0.670. The molecule has 1 aliphatic rings. The largest absolute Gasteiger partial charge is 1.00 e. The van der Waals surface area contributed by atoms with E-state index in [0.29, 0.717) is 5.56 Å². The number of carbonyl (C=O) groups is 1. The number of benzene rings is 1. The van der Waals surface area contributed by atoms with Crippen molar-refractivity contribution >= 4 is 33.3 Å². The summed E-state index contributed by atoms with van der Waals surface area (Å²) in [7, 11) is 0. The molecule has 0 radical (unpaired) electrons. The molecule has 0 amide bonds. The van der Waals surface area contributed by atoms with Crippen LogP contribution in [0.5, 0.6) is 0 Å². The van der Waals surface area contributed by atoms with Gasteiger partial charge in [-0.2, -0.15) is 0 Å². The first-order valence-electron chi connectivity index (χ1n) is 7.42. The van der Waals surface area contributed by atoms with Crippen molar-refractivity contribution in [1.82, 2.24) is 9.97 Å². The van der Waals surface area contributed by atoms with Gasteiger partial charge in [-0.05, 0) is 54.0 Å². The minimum Gasteiger partial charge on any atom is -1.00 e. The number of hydrogen-bond donors (Lipinski definition) is 2. The van der Waals surface area contributed by atoms with E-state index < -0.39 is 5.97 Å². The van der Waals surface area contributed by atoms with Gasteiger partial charge in [0.15, 0.2) is 0 Å². The van der Waals surface area contributed by atoms with Crippen molar-refractivity contribution < 1.29 is 40.9 Å². The average molecular weight is 349 g/mol. The fourth-order valence-electron chi connectivity index (χ4n) is 3.17. The van der Waals surface area contributed by atoms with E-state index in [2.05, 4.69) is 27.6 Å². The van der Waals surface area contributed by atoms with E-state index in [-0.39, 0.29) is 37.0 Å². The monoisotopic (exact) mass is 349 g/mol. The second-order valence-corrected chi connectivity index (χ2v) is 6.72. The van der Waals surface area contributed by atoms with E-state index in [0.717, 1.165) is 34.4 Å². The van der Waals surface area contributed by atoms with E-state index in [4.69, 9.17) is 5.11 Å². The average Bonchev–Trinajstić information content (AvgIpc) is 3.10. The zero-order valence-corrected chi connectivity index (χ0v) is 16.4. The number of fused-ring (bicyclic) bond motifs is 2. The molecular weight excluding hydrogens is 333 g/mol. The molecule has 0 saturated carbocycles. The van der Waals surface area contributed by atoms with Crippen LogP contribution < -0.4 is 34.9 Å². The molecule has 0 saturated heterocycles. The molecule has 118 valence electrons. The van der Waals surface area contributed by atoms with Gasteiger partial charge in [0.1, 0.15) is 17.0 Å². The van der Waals surface area contributed by atoms with Gasteiger partial charge in [0.05, 0.1) is 10.9 Å². The molecule has 4 rings (SSSR count). The Morgan fingerprint density at radius 2 is 2.12 bits per heavy atom. The summed E-state index contributed by atoms with van der Waals surface area (Å²) < 4.78 is 0. The van der Waals surface area contributed by atoms with Crippen LogP contribution >= 0.6 is 11.3 Å². The number of rotatable bonds is 3. The molecule has 2 aromatic heterocycles. The van der Waals surface area contributed by atoms with Gasteiger partial charge in [0, 0.05) is 6.04 Å². The summed E-state index contributed by atoms with van der Waals surface area (Å²) in [5.41, 5.74) is 3.84. The maximum Gasteiger partial charge on any atom is 1.00 e. The summed E-state index contributed by atoms with van der Waals surface area (Å²) in [5.74, 6) is -0.0133. The van der Waals surface area contributed by atoms with Crippen LogP contribution in [0.15, 0.2) is 29.9 Å². The van der Waals surface area contributed by atoms with Crippen molar-refractivity contribution in [3.63, 3.8) is 0 Å². The van der Waals surface area contributed by atoms with Gasteiger partial charge in [-0.3, -0.25) is 0 Å². The predicted molar refractivity (Wildman–Crippen MR) is 91.5 cm³/mol. The second kappa shape index (κ2) is 6.80. The summed E-state index contributed by atoms with van der Waals surface area (Å²) >= 11 is 1.62. The molecule has 1 unspecified atom stereocenters. The number of aromatic carboxylic acids is 1. The van der Waals surface area contributed by atoms with Crippen LogP contribution in [-0.4, -0.2) is 27.1 Å². The number of aryl methyl sites for hydroxylation is 1. The Hall–Kier alpha value is -1.47. The van der Waals surface area contributed by atoms with E-state index in [1.807, 2.05) is 6.07 Å². The third-order valence-corrected chi connectivity index (χ3v) is 5.29. The van der Waals surface area contributed by atoms with E-state index in [9.17, 15) is 4.79 Å². The van der Waals surface area contributed by atoms with Gasteiger partial charge in [0.25, 0.3) is 0 Å². The number of thiophene rings is 1. The molecule has 0 spiro atoms. The number of nitrogens with one attached hydrogen (secondary N) is 1. The molecule has 7 heteroatoms. The maximum atomic E-state index is 11.1. The topological polar surface area (TPSA) is 75.1 Å². The van der Waals surface area contributed by atoms with Crippen LogP contribution in [0.1, 0.15) is 28.5 Å². The van der Waals surface area contributed by atoms with Crippen molar-refractivity contribution in [2.24, 2.45) is 0 Å². The predicted octanol–water partition coefficient (Wildman–Crippen LogP) is 0.394. The zero-order valence-electron chi connectivity index (χ0n) is 14.5. The van der Waals surface area contributed by atoms with Gasteiger partial charge >= 0.3 is 35.5 Å². The van der Waals surface area contributed by atoms with Crippen LogP contribution in [0, 0.1) is 6.92 Å². The third-order valence-electron chi connectivity index (χ3n) is 4.28. The molecule has 1 aromatic carbocycles. The molecule has 0 bridgehead atoms. The first kappa shape index (κ1) is 17.4. The molecule has 3 aromatic rings. The van der Waals surface area contributed by atoms with Gasteiger partial charge < -0.3 is 11.8 Å². The molecule has 0 aliphatic heterocycles. The number of anilines is 1. The summed E-state index contributed by atoms with van der Waals surface area (Å²) in [6, 6.07) is 5.61. The second-order valence-electron chi connectivity index (χ2n) is 5.86. The number of nitrogens with zero attached hydrogens (tertiary/aromatic N) is 2. The van der Waals surface area contributed by atoms with Crippen LogP contribution in [0.4, 0.5) is 5.82 Å². The van der Waals surface area contributed by atoms with E-state index >= 15 is 0 Å². The molecule has 0 fully saturated rings. The minimum atomic E-state index is -0.879. The Balaban J connectivity index is 0.00000113. The SMILES string of the molecule is Cc1csc2ncnc(NC3Cc4ccc(C(=O)O)cc4C3)c12.[H-].[Na+]. The molecule has 2 heterocycles. The smallest absolute Gasteiger partial charge is 1.00 e. The first-order valence-corrected chi connectivity index (χ1v) is 8.30. The Morgan fingerprint density at radius 1 is 1.33 bits per heavy atom. The molecule has 24 heavy (non-hydrogen) atoms. The van der Waals surface area contributed by atoms with Crippen molar-refractivity contribution in [2.75, 3.05) is 5.32 Å². The Bertz CT molecular complexity index is 931. The zero-order chi connectivity index (χ0) is 16.0. The normalized spacial score (nSPS) is 15.8. The number of carboxylic acid groups (broad SMARTS) is 1. The van der Waals surface area contributed by atoms with Crippen LogP contribution in [0.2, 0.25) is 0 Å². The summed E-state index contributed by atoms with van der Waals surface area (Å²) in [5, 5.41) is 15.8. The van der Waals surface area contributed by atoms with E-state index in [1.165, 1.54) is 11.1 Å². The molecule has 2 N–H and O–H groups in total. The van der Waals surface area contributed by atoms with Crippen molar-refractivity contribution in [2.45, 2.75) is 25.8 Å². The number of hydrogen-bond acceptors (Lipinski definition) is 5. The number of aromatic nitrogens is 2. The Kier molecular flexibility index (Phi) is 4.92. The van der Waals surface area contributed by atoms with Gasteiger partial charge in [-0.15, -0.1) is 11.3 Å². The summed E-state index contributed by atoms with van der Waals surface area (Å²) in [6.07, 6.45) is 3.28. The van der Waals surface area contributed by atoms with E-state index in [1.54, 1.807) is 29.8 Å². The summed E-state index contributed by atoms with van der Waals surface area (Å²) in [6.45, 7) is 2.07. The first-order chi connectivity index (χ1) is 11.1. The van der Waals surface area contributed by atoms with Crippen molar-refractivity contribution in [3.8, 4) is 0 Å². The third kappa shape index (κ3) is 3.07. The minimum absolute atomic E-state index is 0. The van der Waals surface area contributed by atoms with Crippen LogP contribution in [0.25, 0.3) is 10.2 Å². The Morgan fingerprint density at radius 3 is 2.92 bits per heavy atom. The van der Waals surface area contributed by atoms with Crippen molar-refractivity contribution in [1.29, 1.82) is 0 Å². The number of carboxylic acids is 1. The fraction of sp³-hybridized carbons (Fsp3) is 0.235. The molecule has 1 aliphatic carbocycles. The van der Waals surface area contributed by atoms with Crippen molar-refractivity contribution in [3.05, 3.63) is 52.2 Å². The fourth-order valence-corrected chi connectivity index (χ4v) is 4.06. The Labute approximate surface area is 166 Å². The molecule has 1 atom stereocenters. The maximum absolute atomic E-state index is 11.1. The van der Waals surface area contributed by atoms with Gasteiger partial charge in [-0.1, -0.05) is 6.07 Å². The molecular formula is C17H16N3NaO2S. The van der Waals surface area contributed by atoms with Gasteiger partial charge in [-0.25, -0.2) is 14.8 Å². The van der Waals surface area contributed by atoms with Gasteiger partial charge in [0.2, 0.25) is 0 Å². The summed E-state index contributed by atoms with van der Waals surface area (Å²) in [4.78, 5) is 20.8. The van der Waals surface area contributed by atoms with Crippen LogP contribution in [0.3, 0.4) is 0 Å². The molecule has 5 nitrogen and oxygen atoms in total. The standard InChI is InChI=1S/C17H15N3O2S.Na.H/c1-9-7-23-16-14(9)15(18-8-19-16)20-13-5-10-2-3-11(17(21)22)4-12(10)6-13;;/h2-4,7-8,13H,5-6H2,1H3,(H,21,22)(H,18,19,20);;/q;+1;-1.